The van der Waals surface area contributed by atoms with E-state index in [0.717, 1.165) is 54.2 Å². The molecule has 0 aliphatic heterocycles. The molecule has 29 nitrogen and oxygen atoms in total. The fourth-order valence-corrected chi connectivity index (χ4v) is 15.7. The molecule has 12 aromatic carbocycles. The molecular formula is C116H116N6O23S. The lowest BCUT2D eigenvalue weighted by Gasteiger charge is -2.21. The number of thioether (sulfide) groups is 1. The van der Waals surface area contributed by atoms with Gasteiger partial charge in [0.05, 0.1) is 60.2 Å². The maximum absolute atomic E-state index is 13.3. The first-order valence-electron chi connectivity index (χ1n) is 48.3. The summed E-state index contributed by atoms with van der Waals surface area (Å²) in [6.07, 6.45) is 22.3. The number of aliphatic carboxylic acids is 3. The van der Waals surface area contributed by atoms with Crippen LogP contribution in [0.1, 0.15) is 227 Å². The standard InChI is InChI=1S/2C39H38N2O8.C38H40N2O7S/c2*1-2-3-4-5-6-23-47-32-20-14-30(15-21-32)39(46)49-33-18-10-27(11-19-33)25-41(26-35(42)43)38(45)29-12-16-31(17-13-29)40-37(44)34-9-7-8-28-22-24-48-36(28)34;1-3-4-5-6-7-24-46-32-20-12-30(13-21-32)38(45)47-33-18-8-27(9-19-33)25-40(26-35(41)42)37(44)29-10-16-31(17-11-29)39-36(43)28-14-22-34(48-2)23-15-28/h2*7-22,24H,2-6,23,25-26H2,1H3,(H,40,44)(H,42,43);8-23H,3-7,24-26H2,1-2H3,(H,39,43)(H,41,42). The number of hydrogen-bond acceptors (Lipinski definition) is 21. The first kappa shape index (κ1) is 108. The zero-order valence-electron chi connectivity index (χ0n) is 81.6. The highest BCUT2D eigenvalue weighted by Gasteiger charge is 2.26. The number of amides is 6. The van der Waals surface area contributed by atoms with Crippen molar-refractivity contribution in [1.29, 1.82) is 0 Å². The van der Waals surface area contributed by atoms with Crippen molar-refractivity contribution in [3.05, 3.63) is 370 Å². The number of anilines is 3. The summed E-state index contributed by atoms with van der Waals surface area (Å²) >= 11 is 1.58. The average Bonchev–Trinajstić information content (AvgIpc) is 1.68. The predicted molar refractivity (Wildman–Crippen MR) is 557 cm³/mol. The summed E-state index contributed by atoms with van der Waals surface area (Å²) in [5.74, 6) is -4.58. The number of esters is 3. The van der Waals surface area contributed by atoms with E-state index in [-0.39, 0.29) is 54.0 Å². The Labute approximate surface area is 850 Å². The third-order valence-electron chi connectivity index (χ3n) is 23.2. The predicted octanol–water partition coefficient (Wildman–Crippen LogP) is 23.9. The van der Waals surface area contributed by atoms with Gasteiger partial charge in [-0.05, 0) is 273 Å². The largest absolute Gasteiger partial charge is 0.494 e. The van der Waals surface area contributed by atoms with Gasteiger partial charge in [0.15, 0.2) is 0 Å². The van der Waals surface area contributed by atoms with E-state index in [2.05, 4.69) is 36.7 Å². The van der Waals surface area contributed by atoms with E-state index in [1.54, 1.807) is 254 Å². The van der Waals surface area contributed by atoms with E-state index in [1.165, 1.54) is 109 Å². The van der Waals surface area contributed by atoms with Crippen molar-refractivity contribution in [2.45, 2.75) is 142 Å². The number of rotatable bonds is 49. The van der Waals surface area contributed by atoms with Gasteiger partial charge in [-0.2, -0.15) is 0 Å². The van der Waals surface area contributed by atoms with E-state index >= 15 is 0 Å². The van der Waals surface area contributed by atoms with E-state index in [9.17, 15) is 72.9 Å². The van der Waals surface area contributed by atoms with Crippen molar-refractivity contribution in [1.82, 2.24) is 14.7 Å². The fraction of sp³-hybridized carbons (Fsp3) is 0.241. The van der Waals surface area contributed by atoms with Gasteiger partial charge in [0.1, 0.15) is 65.3 Å². The van der Waals surface area contributed by atoms with Crippen molar-refractivity contribution in [2.75, 3.05) is 61.7 Å². The molecule has 0 aliphatic rings. The summed E-state index contributed by atoms with van der Waals surface area (Å²) in [6.45, 7) is 6.90. The number of unbranched alkanes of at least 4 members (excludes halogenated alkanes) is 12. The van der Waals surface area contributed by atoms with Gasteiger partial charge < -0.3 is 83.2 Å². The Kier molecular flexibility index (Phi) is 41.5. The van der Waals surface area contributed by atoms with Gasteiger partial charge in [-0.25, -0.2) is 14.4 Å². The summed E-state index contributed by atoms with van der Waals surface area (Å²) < 4.78 is 44.7. The van der Waals surface area contributed by atoms with Gasteiger partial charge >= 0.3 is 35.8 Å². The van der Waals surface area contributed by atoms with Crippen molar-refractivity contribution < 1.29 is 110 Å². The molecule has 6 N–H and O–H groups in total. The zero-order chi connectivity index (χ0) is 103. The number of hydrogen-bond donors (Lipinski definition) is 6. The van der Waals surface area contributed by atoms with Crippen molar-refractivity contribution >= 4 is 122 Å². The molecule has 0 bridgehead atoms. The molecule has 0 saturated heterocycles. The van der Waals surface area contributed by atoms with Crippen LogP contribution in [-0.2, 0) is 34.0 Å². The molecule has 2 heterocycles. The van der Waals surface area contributed by atoms with Crippen molar-refractivity contribution in [2.24, 2.45) is 0 Å². The van der Waals surface area contributed by atoms with Crippen LogP contribution in [0.15, 0.2) is 317 Å². The molecule has 0 spiro atoms. The van der Waals surface area contributed by atoms with Crippen molar-refractivity contribution in [3.63, 3.8) is 0 Å². The van der Waals surface area contributed by atoms with Gasteiger partial charge in [0, 0.05) is 74.6 Å². The Morgan fingerprint density at radius 1 is 0.288 bits per heavy atom. The second kappa shape index (κ2) is 56.1. The van der Waals surface area contributed by atoms with Gasteiger partial charge in [0.25, 0.3) is 35.4 Å². The highest BCUT2D eigenvalue weighted by Crippen LogP contribution is 2.30. The first-order chi connectivity index (χ1) is 70.8. The minimum absolute atomic E-state index is 0.00503. The molecule has 754 valence electrons. The molecule has 30 heteroatoms. The van der Waals surface area contributed by atoms with Gasteiger partial charge in [-0.15, -0.1) is 11.8 Å². The molecule has 0 fully saturated rings. The van der Waals surface area contributed by atoms with Crippen LogP contribution in [0.25, 0.3) is 21.9 Å². The summed E-state index contributed by atoms with van der Waals surface area (Å²) in [5.41, 5.74) is 7.44. The lowest BCUT2D eigenvalue weighted by atomic mass is 10.1. The highest BCUT2D eigenvalue weighted by molar-refractivity contribution is 7.98. The molecule has 0 unspecified atom stereocenters. The number of nitrogens with one attached hydrogen (secondary N) is 3. The summed E-state index contributed by atoms with van der Waals surface area (Å²) in [4.78, 5) is 156. The Hall–Kier alpha value is -16.9. The smallest absolute Gasteiger partial charge is 0.343 e. The average molecular weight is 1990 g/mol. The Morgan fingerprint density at radius 2 is 0.555 bits per heavy atom. The maximum atomic E-state index is 13.3. The molecular weight excluding hydrogens is 1880 g/mol. The van der Waals surface area contributed by atoms with Gasteiger partial charge in [-0.3, -0.25) is 43.2 Å². The number of carboxylic acids is 3. The SMILES string of the molecule is CCCCCCCOc1ccc(C(=O)Oc2ccc(CN(CC(=O)O)C(=O)c3ccc(NC(=O)c4ccc(SC)cc4)cc3)cc2)cc1.CCCCCCCOc1ccc(C(=O)Oc2ccc(CN(CC(=O)O)C(=O)c3ccc(NC(=O)c4cccc5ccoc45)cc3)cc2)cc1.CCCCCCCOc1ccc(C(=O)Oc2ccc(CN(CC(=O)O)C(=O)c3ccc(NC(=O)c4cccc5ccoc45)cc3)cc2)cc1. The molecule has 0 atom stereocenters. The quantitative estimate of drug-likeness (QED) is 0.00892. The number of para-hydroxylation sites is 2. The molecule has 146 heavy (non-hydrogen) atoms. The molecule has 0 radical (unpaired) electrons. The van der Waals surface area contributed by atoms with Gasteiger partial charge in [0.2, 0.25) is 0 Å². The van der Waals surface area contributed by atoms with Crippen molar-refractivity contribution in [3.8, 4) is 34.5 Å². The third kappa shape index (κ3) is 33.6. The number of nitrogens with zero attached hydrogens (tertiary/aromatic N) is 3. The number of benzene rings is 12. The molecule has 14 aromatic rings. The maximum Gasteiger partial charge on any atom is 0.343 e. The Balaban J connectivity index is 0.000000195. The lowest BCUT2D eigenvalue weighted by molar-refractivity contribution is -0.138. The minimum Gasteiger partial charge on any atom is -0.494 e. The number of carbonyl (C=O) groups excluding carboxylic acids is 9. The van der Waals surface area contributed by atoms with Crippen LogP contribution in [0.5, 0.6) is 34.5 Å². The summed E-state index contributed by atoms with van der Waals surface area (Å²) in [6, 6.07) is 79.9. The second-order valence-electron chi connectivity index (χ2n) is 34.2. The summed E-state index contributed by atoms with van der Waals surface area (Å²) in [7, 11) is 0. The van der Waals surface area contributed by atoms with Crippen LogP contribution < -0.4 is 44.4 Å². The Morgan fingerprint density at radius 3 is 0.836 bits per heavy atom. The molecule has 14 rings (SSSR count). The second-order valence-corrected chi connectivity index (χ2v) is 35.1. The first-order valence-corrected chi connectivity index (χ1v) is 49.5. The van der Waals surface area contributed by atoms with Crippen LogP contribution >= 0.6 is 11.8 Å². The zero-order valence-corrected chi connectivity index (χ0v) is 82.4. The van der Waals surface area contributed by atoms with Crippen LogP contribution in [0.4, 0.5) is 17.1 Å². The molecule has 2 aromatic heterocycles. The number of fused-ring (bicyclic) bond motifs is 2. The number of carbonyl (C=O) groups is 12. The van der Waals surface area contributed by atoms with E-state index < -0.39 is 73.2 Å². The molecule has 6 amide bonds. The number of furan rings is 2. The lowest BCUT2D eigenvalue weighted by Crippen LogP contribution is -2.35. The highest BCUT2D eigenvalue weighted by atomic mass is 32.2. The van der Waals surface area contributed by atoms with E-state index in [0.29, 0.717) is 133 Å². The molecule has 0 aliphatic carbocycles. The monoisotopic (exact) mass is 1990 g/mol. The Bertz CT molecular complexity index is 6420. The topological polar surface area (TPSA) is 393 Å². The number of carboxylic acid groups (broad SMARTS) is 3. The minimum atomic E-state index is -1.17. The van der Waals surface area contributed by atoms with Crippen LogP contribution in [-0.4, -0.2) is 147 Å². The summed E-state index contributed by atoms with van der Waals surface area (Å²) in [5, 5.41) is 38.5. The third-order valence-corrected chi connectivity index (χ3v) is 23.9. The van der Waals surface area contributed by atoms with Crippen LogP contribution in [0.2, 0.25) is 0 Å². The molecule has 0 saturated carbocycles. The van der Waals surface area contributed by atoms with E-state index in [1.807, 2.05) is 30.5 Å². The van der Waals surface area contributed by atoms with Gasteiger partial charge in [-0.1, -0.05) is 158 Å². The number of ether oxygens (including phenoxy) is 6. The fourth-order valence-electron chi connectivity index (χ4n) is 15.3. The van der Waals surface area contributed by atoms with E-state index in [4.69, 9.17) is 37.3 Å². The van der Waals surface area contributed by atoms with Crippen LogP contribution in [0, 0.1) is 0 Å². The normalized spacial score (nSPS) is 10.7. The van der Waals surface area contributed by atoms with Crippen LogP contribution in [0.3, 0.4) is 0 Å².